The predicted octanol–water partition coefficient (Wildman–Crippen LogP) is 7.29. The molecule has 0 saturated heterocycles. The molecule has 262 valence electrons. The molecule has 0 fully saturated rings. The van der Waals surface area contributed by atoms with Crippen molar-refractivity contribution in [1.82, 2.24) is 0 Å². The number of phenols is 3. The van der Waals surface area contributed by atoms with Crippen LogP contribution in [-0.4, -0.2) is 49.0 Å². The van der Waals surface area contributed by atoms with Crippen LogP contribution >= 0.6 is 0 Å². The van der Waals surface area contributed by atoms with Gasteiger partial charge in [0.25, 0.3) is 0 Å². The third-order valence-corrected chi connectivity index (χ3v) is 9.38. The zero-order valence-electron chi connectivity index (χ0n) is 28.2. The summed E-state index contributed by atoms with van der Waals surface area (Å²) in [6, 6.07) is 48.2. The van der Waals surface area contributed by atoms with Crippen molar-refractivity contribution in [3.05, 3.63) is 197 Å². The molecule has 6 aromatic rings. The first-order chi connectivity index (χ1) is 24.7. The molecule has 0 heterocycles. The van der Waals surface area contributed by atoms with Crippen LogP contribution in [0.1, 0.15) is 58.1 Å². The molecular formula is C44H44O7. The van der Waals surface area contributed by atoms with Crippen LogP contribution in [0.5, 0.6) is 17.2 Å². The van der Waals surface area contributed by atoms with Gasteiger partial charge >= 0.3 is 0 Å². The average Bonchev–Trinajstić information content (AvgIpc) is 3.18. The molecule has 0 aliphatic rings. The SMILES string of the molecule is OCCC(c1ccc(O)cc1)C(O)(c1ccccc1)c1ccc(O)cc1.OCCC(c1ccccc1)C(O)(c1ccccc1)c1ccc(O)cc1. The Balaban J connectivity index is 0.000000198. The molecule has 0 radical (unpaired) electrons. The summed E-state index contributed by atoms with van der Waals surface area (Å²) in [5.74, 6) is -0.361. The van der Waals surface area contributed by atoms with Crippen LogP contribution in [0.2, 0.25) is 0 Å². The normalized spacial score (nSPS) is 14.6. The molecule has 0 aromatic heterocycles. The van der Waals surface area contributed by atoms with Crippen molar-refractivity contribution in [3.8, 4) is 17.2 Å². The van der Waals surface area contributed by atoms with E-state index < -0.39 is 17.1 Å². The minimum absolute atomic E-state index is 0.0349. The summed E-state index contributed by atoms with van der Waals surface area (Å²) in [5, 5.41) is 72.0. The lowest BCUT2D eigenvalue weighted by Gasteiger charge is -2.37. The molecule has 7 N–H and O–H groups in total. The number of hydrogen-bond donors (Lipinski definition) is 7. The van der Waals surface area contributed by atoms with Crippen molar-refractivity contribution in [2.24, 2.45) is 0 Å². The van der Waals surface area contributed by atoms with Gasteiger partial charge in [0.1, 0.15) is 28.5 Å². The predicted molar refractivity (Wildman–Crippen MR) is 199 cm³/mol. The van der Waals surface area contributed by atoms with Crippen molar-refractivity contribution in [3.63, 3.8) is 0 Å². The highest BCUT2D eigenvalue weighted by molar-refractivity contribution is 5.45. The van der Waals surface area contributed by atoms with Gasteiger partial charge in [-0.3, -0.25) is 0 Å². The van der Waals surface area contributed by atoms with Crippen LogP contribution < -0.4 is 0 Å². The Bertz CT molecular complexity index is 1900. The Labute approximate surface area is 298 Å². The van der Waals surface area contributed by atoms with Crippen molar-refractivity contribution in [2.75, 3.05) is 13.2 Å². The summed E-state index contributed by atoms with van der Waals surface area (Å²) in [6.07, 6.45) is 0.743. The highest BCUT2D eigenvalue weighted by atomic mass is 16.3. The summed E-state index contributed by atoms with van der Waals surface area (Å²) in [4.78, 5) is 0. The van der Waals surface area contributed by atoms with E-state index in [-0.39, 0.29) is 36.4 Å². The van der Waals surface area contributed by atoms with Crippen LogP contribution in [0.3, 0.4) is 0 Å². The minimum Gasteiger partial charge on any atom is -0.508 e. The van der Waals surface area contributed by atoms with Crippen LogP contribution in [0, 0.1) is 0 Å². The average molecular weight is 685 g/mol. The van der Waals surface area contributed by atoms with Gasteiger partial charge in [-0.05, 0) is 82.6 Å². The Hall–Kier alpha value is -5.44. The Morgan fingerprint density at radius 3 is 0.961 bits per heavy atom. The standard InChI is InChI=1S/C22H22O4.C22H22O3/c23-15-14-21(16-6-10-19(24)11-7-16)22(26,17-4-2-1-3-5-17)18-8-12-20(25)13-9-18;23-16-15-21(17-7-3-1-4-8-17)22(25,18-9-5-2-6-10-18)19-11-13-20(24)14-12-19/h1-13,21,23-26H,14-15H2;1-14,21,23-25H,15-16H2. The molecule has 0 amide bonds. The molecule has 0 spiro atoms. The van der Waals surface area contributed by atoms with Gasteiger partial charge in [0, 0.05) is 25.0 Å². The summed E-state index contributed by atoms with van der Waals surface area (Å²) in [7, 11) is 0. The highest BCUT2D eigenvalue weighted by Crippen LogP contribution is 2.46. The summed E-state index contributed by atoms with van der Waals surface area (Å²) < 4.78 is 0. The molecule has 4 unspecified atom stereocenters. The maximum Gasteiger partial charge on any atom is 0.121 e. The fraction of sp³-hybridized carbons (Fsp3) is 0.182. The molecule has 4 atom stereocenters. The van der Waals surface area contributed by atoms with E-state index >= 15 is 0 Å². The molecule has 0 aliphatic heterocycles. The maximum atomic E-state index is 11.9. The zero-order chi connectivity index (χ0) is 36.3. The zero-order valence-corrected chi connectivity index (χ0v) is 28.2. The summed E-state index contributed by atoms with van der Waals surface area (Å²) in [5.41, 5.74) is 1.77. The van der Waals surface area contributed by atoms with Gasteiger partial charge in [-0.2, -0.15) is 0 Å². The summed E-state index contributed by atoms with van der Waals surface area (Å²) in [6.45, 7) is -0.133. The Morgan fingerprint density at radius 2 is 0.627 bits per heavy atom. The number of aliphatic hydroxyl groups is 4. The van der Waals surface area contributed by atoms with Crippen LogP contribution in [0.4, 0.5) is 0 Å². The largest absolute Gasteiger partial charge is 0.508 e. The van der Waals surface area contributed by atoms with Crippen molar-refractivity contribution in [1.29, 1.82) is 0 Å². The Kier molecular flexibility index (Phi) is 12.3. The van der Waals surface area contributed by atoms with Crippen LogP contribution in [-0.2, 0) is 11.2 Å². The quantitative estimate of drug-likeness (QED) is 0.0718. The van der Waals surface area contributed by atoms with Crippen molar-refractivity contribution in [2.45, 2.75) is 35.9 Å². The van der Waals surface area contributed by atoms with Crippen molar-refractivity contribution < 1.29 is 35.7 Å². The molecule has 0 bridgehead atoms. The summed E-state index contributed by atoms with van der Waals surface area (Å²) >= 11 is 0. The second kappa shape index (κ2) is 17.0. The minimum atomic E-state index is -1.41. The first-order valence-electron chi connectivity index (χ1n) is 16.9. The van der Waals surface area contributed by atoms with Gasteiger partial charge in [-0.25, -0.2) is 0 Å². The number of benzene rings is 6. The van der Waals surface area contributed by atoms with E-state index in [4.69, 9.17) is 0 Å². The fourth-order valence-corrected chi connectivity index (χ4v) is 6.84. The van der Waals surface area contributed by atoms with E-state index in [1.807, 2.05) is 91.0 Å². The van der Waals surface area contributed by atoms with Gasteiger partial charge < -0.3 is 35.7 Å². The van der Waals surface area contributed by atoms with E-state index in [1.54, 1.807) is 60.7 Å². The maximum absolute atomic E-state index is 11.9. The van der Waals surface area contributed by atoms with Gasteiger partial charge in [0.2, 0.25) is 0 Å². The van der Waals surface area contributed by atoms with Crippen molar-refractivity contribution >= 4 is 0 Å². The van der Waals surface area contributed by atoms with E-state index in [9.17, 15) is 35.7 Å². The highest BCUT2D eigenvalue weighted by Gasteiger charge is 2.42. The molecule has 6 aromatic carbocycles. The molecule has 7 nitrogen and oxygen atoms in total. The fourth-order valence-electron chi connectivity index (χ4n) is 6.84. The number of phenolic OH excluding ortho intramolecular Hbond substituents is 3. The van der Waals surface area contributed by atoms with Crippen LogP contribution in [0.15, 0.2) is 164 Å². The number of rotatable bonds is 12. The smallest absolute Gasteiger partial charge is 0.121 e. The van der Waals surface area contributed by atoms with Gasteiger partial charge in [0.05, 0.1) is 0 Å². The molecule has 7 heteroatoms. The molecule has 6 rings (SSSR count). The Morgan fingerprint density at radius 1 is 0.353 bits per heavy atom. The molecule has 0 aliphatic carbocycles. The second-order valence-corrected chi connectivity index (χ2v) is 12.5. The lowest BCUT2D eigenvalue weighted by Crippen LogP contribution is -2.35. The van der Waals surface area contributed by atoms with Gasteiger partial charge in [-0.1, -0.05) is 127 Å². The number of aromatic hydroxyl groups is 3. The molecular weight excluding hydrogens is 640 g/mol. The van der Waals surface area contributed by atoms with Crippen LogP contribution in [0.25, 0.3) is 0 Å². The number of aliphatic hydroxyl groups excluding tert-OH is 2. The molecule has 0 saturated carbocycles. The van der Waals surface area contributed by atoms with E-state index in [1.165, 1.54) is 12.1 Å². The van der Waals surface area contributed by atoms with E-state index in [0.29, 0.717) is 29.5 Å². The lowest BCUT2D eigenvalue weighted by atomic mass is 9.71. The van der Waals surface area contributed by atoms with E-state index in [0.717, 1.165) is 16.7 Å². The third-order valence-electron chi connectivity index (χ3n) is 9.38. The van der Waals surface area contributed by atoms with Gasteiger partial charge in [-0.15, -0.1) is 0 Å². The first-order valence-corrected chi connectivity index (χ1v) is 16.9. The third kappa shape index (κ3) is 8.31. The monoisotopic (exact) mass is 684 g/mol. The number of hydrogen-bond acceptors (Lipinski definition) is 7. The molecule has 51 heavy (non-hydrogen) atoms. The topological polar surface area (TPSA) is 142 Å². The van der Waals surface area contributed by atoms with E-state index in [2.05, 4.69) is 0 Å². The second-order valence-electron chi connectivity index (χ2n) is 12.5. The lowest BCUT2D eigenvalue weighted by molar-refractivity contribution is 0.0391. The first kappa shape index (κ1) is 36.8. The van der Waals surface area contributed by atoms with Gasteiger partial charge in [0.15, 0.2) is 0 Å².